The molecule has 0 aromatic heterocycles. The average molecular weight is 664 g/mol. The second kappa shape index (κ2) is 21.9. The third kappa shape index (κ3) is 17.5. The largest absolute Gasteiger partial charge is 1.00 e. The van der Waals surface area contributed by atoms with Gasteiger partial charge in [0.05, 0.1) is 0 Å². The molecule has 9 heteroatoms. The van der Waals surface area contributed by atoms with Gasteiger partial charge in [0.1, 0.15) is 24.7 Å². The minimum Gasteiger partial charge on any atom is -0.652 e. The van der Waals surface area contributed by atoms with E-state index in [1.807, 2.05) is 84.9 Å². The maximum atomic E-state index is 8.33. The van der Waals surface area contributed by atoms with Gasteiger partial charge in [0, 0.05) is 8.95 Å². The standard InChI is InChI=1S/2C13H11BrO.CH2O3.2K/c2*14-12-7-4-8-13(9-12)15-10-11-5-2-1-3-6-11;2-1(3)4;;/h2*1-9H,10H2;(H2,2,3,4);;/q;;;2*+1/p-2. The first kappa shape index (κ1) is 36.0. The van der Waals surface area contributed by atoms with Crippen LogP contribution in [0.1, 0.15) is 11.1 Å². The molecule has 4 aromatic carbocycles. The SMILES string of the molecule is Brc1cccc(OCc2ccccc2)c1.Brc1cccc(OCc2ccccc2)c1.O=C([O-])[O-].[K+].[K+]. The fraction of sp³-hybridized carbons (Fsp3) is 0.0741. The Balaban J connectivity index is 0.000000566. The van der Waals surface area contributed by atoms with E-state index in [-0.39, 0.29) is 103 Å². The minimum atomic E-state index is -2.33. The second-order valence-corrected chi connectivity index (χ2v) is 8.54. The molecule has 0 unspecified atom stereocenters. The van der Waals surface area contributed by atoms with Crippen molar-refractivity contribution in [2.45, 2.75) is 13.2 Å². The maximum absolute atomic E-state index is 8.33. The monoisotopic (exact) mass is 662 g/mol. The van der Waals surface area contributed by atoms with Crippen molar-refractivity contribution in [2.24, 2.45) is 0 Å². The number of ether oxygens (including phenoxy) is 2. The molecule has 176 valence electrons. The van der Waals surface area contributed by atoms with Gasteiger partial charge in [0.25, 0.3) is 0 Å². The van der Waals surface area contributed by atoms with Crippen LogP contribution in [0.25, 0.3) is 0 Å². The normalized spacial score (nSPS) is 8.94. The van der Waals surface area contributed by atoms with Crippen molar-refractivity contribution in [1.29, 1.82) is 0 Å². The third-order valence-electron chi connectivity index (χ3n) is 4.09. The first-order valence-electron chi connectivity index (χ1n) is 10.1. The molecular formula is C27H22Br2K2O5. The third-order valence-corrected chi connectivity index (χ3v) is 5.08. The van der Waals surface area contributed by atoms with E-state index in [4.69, 9.17) is 24.5 Å². The second-order valence-electron chi connectivity index (χ2n) is 6.71. The summed E-state index contributed by atoms with van der Waals surface area (Å²) in [5.41, 5.74) is 2.36. The van der Waals surface area contributed by atoms with E-state index in [1.54, 1.807) is 0 Å². The molecule has 0 amide bonds. The Kier molecular flexibility index (Phi) is 21.9. The summed E-state index contributed by atoms with van der Waals surface area (Å²) in [6, 6.07) is 36.0. The number of carboxylic acid groups (broad SMARTS) is 2. The van der Waals surface area contributed by atoms with Gasteiger partial charge in [-0.15, -0.1) is 0 Å². The number of hydrogen-bond donors (Lipinski definition) is 0. The molecule has 0 radical (unpaired) electrons. The smallest absolute Gasteiger partial charge is 0.652 e. The minimum absolute atomic E-state index is 0. The number of hydrogen-bond acceptors (Lipinski definition) is 5. The molecule has 0 atom stereocenters. The van der Waals surface area contributed by atoms with Crippen molar-refractivity contribution in [3.05, 3.63) is 129 Å². The molecule has 5 nitrogen and oxygen atoms in total. The van der Waals surface area contributed by atoms with E-state index < -0.39 is 6.16 Å². The maximum Gasteiger partial charge on any atom is 1.00 e. The van der Waals surface area contributed by atoms with Gasteiger partial charge in [-0.3, -0.25) is 0 Å². The van der Waals surface area contributed by atoms with Crippen LogP contribution < -0.4 is 122 Å². The van der Waals surface area contributed by atoms with Crippen molar-refractivity contribution < 1.29 is 127 Å². The summed E-state index contributed by atoms with van der Waals surface area (Å²) in [5, 5.41) is 16.7. The zero-order chi connectivity index (χ0) is 24.6. The predicted molar refractivity (Wildman–Crippen MR) is 135 cm³/mol. The van der Waals surface area contributed by atoms with Crippen molar-refractivity contribution >= 4 is 38.0 Å². The molecule has 0 heterocycles. The van der Waals surface area contributed by atoms with Crippen LogP contribution in [0.5, 0.6) is 11.5 Å². The Morgan fingerprint density at radius 1 is 0.583 bits per heavy atom. The van der Waals surface area contributed by atoms with Crippen LogP contribution in [0, 0.1) is 0 Å². The molecule has 4 aromatic rings. The first-order valence-corrected chi connectivity index (χ1v) is 11.7. The first-order chi connectivity index (χ1) is 16.4. The number of halogens is 2. The van der Waals surface area contributed by atoms with E-state index in [2.05, 4.69) is 56.1 Å². The molecule has 36 heavy (non-hydrogen) atoms. The summed E-state index contributed by atoms with van der Waals surface area (Å²) in [6.45, 7) is 1.22. The average Bonchev–Trinajstić information content (AvgIpc) is 2.83. The molecule has 4 rings (SSSR count). The Hall–Kier alpha value is -0.0173. The van der Waals surface area contributed by atoms with Gasteiger partial charge < -0.3 is 24.5 Å². The van der Waals surface area contributed by atoms with Crippen LogP contribution in [0.3, 0.4) is 0 Å². The summed E-state index contributed by atoms with van der Waals surface area (Å²) in [4.78, 5) is 8.33. The Labute approximate surface area is 313 Å². The zero-order valence-corrected chi connectivity index (χ0v) is 29.5. The Bertz CT molecular complexity index is 1040. The van der Waals surface area contributed by atoms with Crippen LogP contribution in [0.4, 0.5) is 4.79 Å². The van der Waals surface area contributed by atoms with Gasteiger partial charge >= 0.3 is 103 Å². The fourth-order valence-corrected chi connectivity index (χ4v) is 3.35. The van der Waals surface area contributed by atoms with Crippen molar-refractivity contribution in [1.82, 2.24) is 0 Å². The van der Waals surface area contributed by atoms with Crippen molar-refractivity contribution in [2.75, 3.05) is 0 Å². The summed E-state index contributed by atoms with van der Waals surface area (Å²) in [5.74, 6) is 1.77. The van der Waals surface area contributed by atoms with Crippen LogP contribution in [0.15, 0.2) is 118 Å². The van der Waals surface area contributed by atoms with Gasteiger partial charge in [0.2, 0.25) is 0 Å². The quantitative estimate of drug-likeness (QED) is 0.263. The van der Waals surface area contributed by atoms with Crippen LogP contribution in [-0.4, -0.2) is 6.16 Å². The van der Waals surface area contributed by atoms with Gasteiger partial charge in [-0.05, 0) is 53.7 Å². The van der Waals surface area contributed by atoms with Crippen LogP contribution >= 0.6 is 31.9 Å². The summed E-state index contributed by atoms with van der Waals surface area (Å²) in [6.07, 6.45) is -2.33. The number of carbonyl (C=O) groups is 1. The van der Waals surface area contributed by atoms with Crippen molar-refractivity contribution in [3.8, 4) is 11.5 Å². The Morgan fingerprint density at radius 3 is 1.22 bits per heavy atom. The van der Waals surface area contributed by atoms with Crippen LogP contribution in [-0.2, 0) is 13.2 Å². The van der Waals surface area contributed by atoms with E-state index in [0.29, 0.717) is 13.2 Å². The number of carbonyl (C=O) groups excluding carboxylic acids is 1. The zero-order valence-electron chi connectivity index (χ0n) is 20.1. The van der Waals surface area contributed by atoms with Gasteiger partial charge in [-0.1, -0.05) is 105 Å². The summed E-state index contributed by atoms with van der Waals surface area (Å²) < 4.78 is 13.4. The summed E-state index contributed by atoms with van der Waals surface area (Å²) in [7, 11) is 0. The molecule has 0 aliphatic rings. The van der Waals surface area contributed by atoms with Crippen LogP contribution in [0.2, 0.25) is 0 Å². The van der Waals surface area contributed by atoms with Gasteiger partial charge in [-0.25, -0.2) is 0 Å². The van der Waals surface area contributed by atoms with Gasteiger partial charge in [-0.2, -0.15) is 0 Å². The molecule has 0 N–H and O–H groups in total. The van der Waals surface area contributed by atoms with E-state index in [1.165, 1.54) is 11.1 Å². The Morgan fingerprint density at radius 2 is 0.917 bits per heavy atom. The molecule has 0 saturated carbocycles. The fourth-order valence-electron chi connectivity index (χ4n) is 2.60. The number of benzene rings is 4. The van der Waals surface area contributed by atoms with E-state index in [0.717, 1.165) is 20.4 Å². The summed E-state index contributed by atoms with van der Waals surface area (Å²) >= 11 is 6.82. The molecule has 0 aliphatic carbocycles. The molecule has 0 fully saturated rings. The van der Waals surface area contributed by atoms with E-state index in [9.17, 15) is 0 Å². The van der Waals surface area contributed by atoms with Crippen molar-refractivity contribution in [3.63, 3.8) is 0 Å². The molecule has 0 aliphatic heterocycles. The molecule has 0 spiro atoms. The van der Waals surface area contributed by atoms with E-state index >= 15 is 0 Å². The molecular weight excluding hydrogens is 642 g/mol. The molecule has 0 bridgehead atoms. The topological polar surface area (TPSA) is 81.7 Å². The molecule has 0 saturated heterocycles. The predicted octanol–water partition coefficient (Wildman–Crippen LogP) is -0.383. The number of rotatable bonds is 6. The van der Waals surface area contributed by atoms with Gasteiger partial charge in [0.15, 0.2) is 0 Å².